The molecular weight excluding hydrogens is 478 g/mol. The number of carbonyl (C=O) groups excluding carboxylic acids is 2. The molecule has 172 valence electrons. The van der Waals surface area contributed by atoms with Crippen LogP contribution in [0.5, 0.6) is 5.75 Å². The summed E-state index contributed by atoms with van der Waals surface area (Å²) >= 11 is 3.42. The summed E-state index contributed by atoms with van der Waals surface area (Å²) < 4.78 is 11.6. The van der Waals surface area contributed by atoms with Gasteiger partial charge in [0.2, 0.25) is 11.8 Å². The van der Waals surface area contributed by atoms with Crippen molar-refractivity contribution in [2.75, 3.05) is 49.8 Å². The van der Waals surface area contributed by atoms with Gasteiger partial charge in [0.15, 0.2) is 0 Å². The smallest absolute Gasteiger partial charge is 0.248 e. The first-order chi connectivity index (χ1) is 15.3. The van der Waals surface area contributed by atoms with E-state index in [0.29, 0.717) is 55.4 Å². The van der Waals surface area contributed by atoms with Crippen LogP contribution in [0.2, 0.25) is 0 Å². The van der Waals surface area contributed by atoms with Crippen molar-refractivity contribution in [3.05, 3.63) is 58.1 Å². The van der Waals surface area contributed by atoms with Crippen LogP contribution in [0.1, 0.15) is 27.1 Å². The molecule has 0 aliphatic heterocycles. The first-order valence-corrected chi connectivity index (χ1v) is 10.7. The minimum Gasteiger partial charge on any atom is -0.491 e. The van der Waals surface area contributed by atoms with E-state index in [4.69, 9.17) is 26.7 Å². The van der Waals surface area contributed by atoms with E-state index in [2.05, 4.69) is 26.6 Å². The number of benzene rings is 2. The van der Waals surface area contributed by atoms with E-state index in [9.17, 15) is 9.59 Å². The predicted octanol–water partition coefficient (Wildman–Crippen LogP) is 2.72. The van der Waals surface area contributed by atoms with E-state index in [1.165, 1.54) is 6.07 Å². The number of hydrogen-bond donors (Lipinski definition) is 5. The topological polar surface area (TPSA) is 155 Å². The lowest BCUT2D eigenvalue weighted by molar-refractivity contribution is 0.0991. The molecule has 0 spiro atoms. The van der Waals surface area contributed by atoms with Crippen LogP contribution in [0, 0.1) is 0 Å². The standard InChI is InChI=1S/C22H28BrN5O4/c1-31-9-4-10-32-19-13-15(22(26)30)12-17(24)20(19)28-8-3-2-7-27-18-6-5-14(21(25)29)11-16(18)23/h2-3,5-6,11-13,27-28H,4,7-10,24H2,1H3,(H2,25,29)(H2,26,30). The Labute approximate surface area is 195 Å². The highest BCUT2D eigenvalue weighted by molar-refractivity contribution is 9.10. The number of ether oxygens (including phenoxy) is 2. The lowest BCUT2D eigenvalue weighted by Crippen LogP contribution is -2.14. The SMILES string of the molecule is COCCCOc1cc(C(N)=O)cc(N)c1NCC=CCNc1ccc(C(N)=O)cc1Br. The second-order valence-electron chi connectivity index (χ2n) is 6.79. The van der Waals surface area contributed by atoms with E-state index in [1.807, 2.05) is 12.2 Å². The van der Waals surface area contributed by atoms with Crippen LogP contribution in [-0.2, 0) is 4.74 Å². The Balaban J connectivity index is 1.95. The Morgan fingerprint density at radius 3 is 2.31 bits per heavy atom. The van der Waals surface area contributed by atoms with Gasteiger partial charge in [-0.05, 0) is 46.3 Å². The highest BCUT2D eigenvalue weighted by atomic mass is 79.9. The molecule has 0 bridgehead atoms. The van der Waals surface area contributed by atoms with Gasteiger partial charge in [-0.25, -0.2) is 0 Å². The molecule has 0 heterocycles. The van der Waals surface area contributed by atoms with Crippen molar-refractivity contribution in [2.45, 2.75) is 6.42 Å². The number of carbonyl (C=O) groups is 2. The van der Waals surface area contributed by atoms with E-state index in [1.54, 1.807) is 31.4 Å². The van der Waals surface area contributed by atoms with Crippen LogP contribution in [0.25, 0.3) is 0 Å². The lowest BCUT2D eigenvalue weighted by Gasteiger charge is -2.16. The number of hydrogen-bond acceptors (Lipinski definition) is 7. The molecule has 10 heteroatoms. The normalized spacial score (nSPS) is 10.8. The molecule has 2 rings (SSSR count). The number of amides is 2. The van der Waals surface area contributed by atoms with E-state index < -0.39 is 11.8 Å². The van der Waals surface area contributed by atoms with Crippen LogP contribution in [0.15, 0.2) is 47.0 Å². The van der Waals surface area contributed by atoms with Gasteiger partial charge < -0.3 is 37.3 Å². The maximum absolute atomic E-state index is 11.5. The van der Waals surface area contributed by atoms with Gasteiger partial charge in [0.05, 0.1) is 12.3 Å². The highest BCUT2D eigenvalue weighted by Gasteiger charge is 2.13. The van der Waals surface area contributed by atoms with Crippen molar-refractivity contribution >= 4 is 44.8 Å². The Kier molecular flexibility index (Phi) is 9.83. The fraction of sp³-hybridized carbons (Fsp3) is 0.273. The second-order valence-corrected chi connectivity index (χ2v) is 7.64. The molecule has 0 aliphatic rings. The highest BCUT2D eigenvalue weighted by Crippen LogP contribution is 2.32. The fourth-order valence-electron chi connectivity index (χ4n) is 2.78. The van der Waals surface area contributed by atoms with Gasteiger partial charge in [-0.1, -0.05) is 12.2 Å². The van der Waals surface area contributed by atoms with Crippen LogP contribution >= 0.6 is 15.9 Å². The Morgan fingerprint density at radius 2 is 1.69 bits per heavy atom. The van der Waals surface area contributed by atoms with Gasteiger partial charge in [0.25, 0.3) is 0 Å². The lowest BCUT2D eigenvalue weighted by atomic mass is 10.1. The van der Waals surface area contributed by atoms with Gasteiger partial charge in [-0.15, -0.1) is 0 Å². The van der Waals surface area contributed by atoms with Crippen LogP contribution in [0.4, 0.5) is 17.1 Å². The summed E-state index contributed by atoms with van der Waals surface area (Å²) in [4.78, 5) is 22.8. The monoisotopic (exact) mass is 505 g/mol. The maximum Gasteiger partial charge on any atom is 0.248 e. The molecule has 2 aromatic carbocycles. The molecule has 0 unspecified atom stereocenters. The zero-order valence-corrected chi connectivity index (χ0v) is 19.4. The van der Waals surface area contributed by atoms with Crippen molar-refractivity contribution in [3.63, 3.8) is 0 Å². The molecule has 0 radical (unpaired) electrons. The third-order valence-corrected chi connectivity index (χ3v) is 5.05. The molecule has 0 aliphatic carbocycles. The van der Waals surface area contributed by atoms with Gasteiger partial charge in [-0.2, -0.15) is 0 Å². The Bertz CT molecular complexity index is 981. The first-order valence-electron chi connectivity index (χ1n) is 9.90. The molecule has 0 saturated carbocycles. The minimum absolute atomic E-state index is 0.280. The summed E-state index contributed by atoms with van der Waals surface area (Å²) in [6, 6.07) is 8.21. The zero-order chi connectivity index (χ0) is 23.5. The molecule has 9 nitrogen and oxygen atoms in total. The summed E-state index contributed by atoms with van der Waals surface area (Å²) in [6.07, 6.45) is 4.56. The number of nitrogens with two attached hydrogens (primary N) is 3. The minimum atomic E-state index is -0.578. The third kappa shape index (κ3) is 7.47. The molecule has 32 heavy (non-hydrogen) atoms. The molecule has 2 aromatic rings. The van der Waals surface area contributed by atoms with Crippen LogP contribution in [0.3, 0.4) is 0 Å². The summed E-state index contributed by atoms with van der Waals surface area (Å²) in [5.41, 5.74) is 19.3. The summed E-state index contributed by atoms with van der Waals surface area (Å²) in [7, 11) is 1.62. The number of nitrogens with one attached hydrogen (secondary N) is 2. The summed E-state index contributed by atoms with van der Waals surface area (Å²) in [5.74, 6) is -0.598. The van der Waals surface area contributed by atoms with Crippen LogP contribution < -0.4 is 32.6 Å². The Hall–Kier alpha value is -3.24. The van der Waals surface area contributed by atoms with Crippen molar-refractivity contribution in [1.82, 2.24) is 0 Å². The van der Waals surface area contributed by atoms with Crippen LogP contribution in [-0.4, -0.2) is 45.2 Å². The molecule has 0 aromatic heterocycles. The van der Waals surface area contributed by atoms with Gasteiger partial charge >= 0.3 is 0 Å². The van der Waals surface area contributed by atoms with Gasteiger partial charge in [0, 0.05) is 54.5 Å². The van der Waals surface area contributed by atoms with Crippen molar-refractivity contribution in [1.29, 1.82) is 0 Å². The van der Waals surface area contributed by atoms with Crippen molar-refractivity contribution in [2.24, 2.45) is 11.5 Å². The molecule has 0 saturated heterocycles. The van der Waals surface area contributed by atoms with E-state index in [0.717, 1.165) is 10.2 Å². The maximum atomic E-state index is 11.5. The van der Waals surface area contributed by atoms with Crippen molar-refractivity contribution < 1.29 is 19.1 Å². The molecular formula is C22H28BrN5O4. The van der Waals surface area contributed by atoms with Gasteiger partial charge in [-0.3, -0.25) is 9.59 Å². The molecule has 8 N–H and O–H groups in total. The number of anilines is 3. The number of primary amides is 2. The zero-order valence-electron chi connectivity index (χ0n) is 17.8. The quantitative estimate of drug-likeness (QED) is 0.159. The Morgan fingerprint density at radius 1 is 1.00 bits per heavy atom. The largest absolute Gasteiger partial charge is 0.491 e. The van der Waals surface area contributed by atoms with E-state index in [-0.39, 0.29) is 5.56 Å². The summed E-state index contributed by atoms with van der Waals surface area (Å²) in [6.45, 7) is 2.02. The van der Waals surface area contributed by atoms with Crippen molar-refractivity contribution in [3.8, 4) is 5.75 Å². The number of halogens is 1. The molecule has 2 amide bonds. The van der Waals surface area contributed by atoms with E-state index >= 15 is 0 Å². The molecule has 0 atom stereocenters. The molecule has 0 fully saturated rings. The number of methoxy groups -OCH3 is 1. The number of rotatable bonds is 13. The second kappa shape index (κ2) is 12.6. The average Bonchev–Trinajstić information content (AvgIpc) is 2.75. The number of nitrogen functional groups attached to an aromatic ring is 1. The third-order valence-electron chi connectivity index (χ3n) is 4.39. The predicted molar refractivity (Wildman–Crippen MR) is 130 cm³/mol. The van der Waals surface area contributed by atoms with Gasteiger partial charge in [0.1, 0.15) is 11.4 Å². The summed E-state index contributed by atoms with van der Waals surface area (Å²) in [5, 5.41) is 6.44. The first kappa shape index (κ1) is 25.0. The fourth-order valence-corrected chi connectivity index (χ4v) is 3.29. The average molecular weight is 506 g/mol.